The Hall–Kier alpha value is -1.31. The van der Waals surface area contributed by atoms with Crippen LogP contribution in [0.5, 0.6) is 0 Å². The zero-order valence-electron chi connectivity index (χ0n) is 12.5. The van der Waals surface area contributed by atoms with E-state index in [-0.39, 0.29) is 11.7 Å². The average molecular weight is 320 g/mol. The largest absolute Gasteiger partial charge is 0.480 e. The molecule has 0 radical (unpaired) electrons. The van der Waals surface area contributed by atoms with Crippen LogP contribution in [-0.4, -0.2) is 49.6 Å². The number of carboxylic acids is 1. The van der Waals surface area contributed by atoms with Crippen LogP contribution in [0.1, 0.15) is 39.0 Å². The molecule has 0 bridgehead atoms. The van der Waals surface area contributed by atoms with Crippen molar-refractivity contribution in [2.75, 3.05) is 12.0 Å². The molecule has 1 fully saturated rings. The fourth-order valence-electron chi connectivity index (χ4n) is 2.75. The highest BCUT2D eigenvalue weighted by molar-refractivity contribution is 7.90. The number of sulfone groups is 1. The zero-order valence-corrected chi connectivity index (χ0v) is 13.3. The lowest BCUT2D eigenvalue weighted by atomic mass is 9.84. The number of rotatable bonds is 6. The van der Waals surface area contributed by atoms with Crippen LogP contribution in [0.15, 0.2) is 0 Å². The second kappa shape index (κ2) is 7.63. The summed E-state index contributed by atoms with van der Waals surface area (Å²) in [4.78, 5) is 23.1. The maximum atomic E-state index is 11.8. The van der Waals surface area contributed by atoms with E-state index in [4.69, 9.17) is 0 Å². The Balaban J connectivity index is 2.54. The molecule has 2 atom stereocenters. The fraction of sp³-hybridized carbons (Fsp3) is 0.846. The van der Waals surface area contributed by atoms with Gasteiger partial charge in [0.2, 0.25) is 0 Å². The van der Waals surface area contributed by atoms with Gasteiger partial charge in [0.25, 0.3) is 0 Å². The van der Waals surface area contributed by atoms with Crippen LogP contribution in [0.2, 0.25) is 0 Å². The summed E-state index contributed by atoms with van der Waals surface area (Å²) < 4.78 is 22.3. The van der Waals surface area contributed by atoms with Crippen molar-refractivity contribution in [3.05, 3.63) is 0 Å². The highest BCUT2D eigenvalue weighted by Crippen LogP contribution is 2.26. The van der Waals surface area contributed by atoms with Gasteiger partial charge < -0.3 is 15.7 Å². The van der Waals surface area contributed by atoms with Gasteiger partial charge in [-0.3, -0.25) is 0 Å². The van der Waals surface area contributed by atoms with Gasteiger partial charge in [0.05, 0.1) is 5.75 Å². The summed E-state index contributed by atoms with van der Waals surface area (Å²) >= 11 is 0. The second-order valence-corrected chi connectivity index (χ2v) is 8.01. The lowest BCUT2D eigenvalue weighted by Crippen LogP contribution is -2.52. The molecule has 8 heteroatoms. The quantitative estimate of drug-likeness (QED) is 0.668. The average Bonchev–Trinajstić information content (AvgIpc) is 2.34. The minimum atomic E-state index is -3.19. The van der Waals surface area contributed by atoms with Crippen molar-refractivity contribution in [3.8, 4) is 0 Å². The van der Waals surface area contributed by atoms with Crippen LogP contribution >= 0.6 is 0 Å². The third-order valence-electron chi connectivity index (χ3n) is 3.60. The Morgan fingerprint density at radius 1 is 1.19 bits per heavy atom. The Morgan fingerprint density at radius 3 is 2.24 bits per heavy atom. The molecule has 1 aliphatic rings. The number of amides is 2. The smallest absolute Gasteiger partial charge is 0.326 e. The van der Waals surface area contributed by atoms with Gasteiger partial charge in [-0.25, -0.2) is 18.0 Å². The Labute approximate surface area is 125 Å². The minimum absolute atomic E-state index is 0.0628. The van der Waals surface area contributed by atoms with Crippen LogP contribution in [-0.2, 0) is 14.6 Å². The molecule has 2 amide bonds. The van der Waals surface area contributed by atoms with Crippen molar-refractivity contribution in [3.63, 3.8) is 0 Å². The molecule has 1 saturated carbocycles. The highest BCUT2D eigenvalue weighted by Gasteiger charge is 2.31. The summed E-state index contributed by atoms with van der Waals surface area (Å²) in [5.41, 5.74) is 0. The van der Waals surface area contributed by atoms with Crippen molar-refractivity contribution in [1.82, 2.24) is 10.6 Å². The second-order valence-electron chi connectivity index (χ2n) is 5.83. The van der Waals surface area contributed by atoms with Gasteiger partial charge in [0.1, 0.15) is 15.9 Å². The topological polar surface area (TPSA) is 113 Å². The molecule has 0 aromatic rings. The molecule has 1 rings (SSSR count). The molecule has 0 aliphatic heterocycles. The van der Waals surface area contributed by atoms with Crippen molar-refractivity contribution in [1.29, 1.82) is 0 Å². The summed E-state index contributed by atoms with van der Waals surface area (Å²) in [7, 11) is -3.19. The summed E-state index contributed by atoms with van der Waals surface area (Å²) in [6.45, 7) is 1.57. The van der Waals surface area contributed by atoms with E-state index in [1.807, 2.05) is 0 Å². The molecule has 1 aliphatic carbocycles. The van der Waals surface area contributed by atoms with E-state index in [1.54, 1.807) is 6.92 Å². The highest BCUT2D eigenvalue weighted by atomic mass is 32.2. The Bertz CT molecular complexity index is 471. The van der Waals surface area contributed by atoms with E-state index in [2.05, 4.69) is 10.6 Å². The number of aliphatic carboxylic acids is 1. The standard InChI is InChI=1S/C13H24N2O5S/c1-9(8-21(2,19)20)14-13(18)15-11(12(16)17)10-6-4-3-5-7-10/h9-11H,3-8H2,1-2H3,(H,16,17)(H2,14,15,18). The van der Waals surface area contributed by atoms with Crippen LogP contribution in [0.25, 0.3) is 0 Å². The van der Waals surface area contributed by atoms with Gasteiger partial charge in [-0.2, -0.15) is 0 Å². The summed E-state index contributed by atoms with van der Waals surface area (Å²) in [5.74, 6) is -1.29. The van der Waals surface area contributed by atoms with E-state index >= 15 is 0 Å². The SMILES string of the molecule is CC(CS(C)(=O)=O)NC(=O)NC(C(=O)O)C1CCCCC1. The normalized spacial score (nSPS) is 19.5. The maximum Gasteiger partial charge on any atom is 0.326 e. The number of nitrogens with one attached hydrogen (secondary N) is 2. The number of hydrogen-bond donors (Lipinski definition) is 3. The summed E-state index contributed by atoms with van der Waals surface area (Å²) in [6.07, 6.45) is 5.71. The molecular weight excluding hydrogens is 296 g/mol. The number of carbonyl (C=O) groups is 2. The number of carboxylic acid groups (broad SMARTS) is 1. The van der Waals surface area contributed by atoms with Crippen molar-refractivity contribution >= 4 is 21.8 Å². The maximum absolute atomic E-state index is 11.8. The van der Waals surface area contributed by atoms with Crippen molar-refractivity contribution in [2.45, 2.75) is 51.1 Å². The molecule has 0 spiro atoms. The van der Waals surface area contributed by atoms with Gasteiger partial charge in [-0.15, -0.1) is 0 Å². The predicted molar refractivity (Wildman–Crippen MR) is 78.8 cm³/mol. The molecule has 2 unspecified atom stereocenters. The van der Waals surface area contributed by atoms with Gasteiger partial charge in [-0.05, 0) is 25.7 Å². The molecule has 3 N–H and O–H groups in total. The molecular formula is C13H24N2O5S. The van der Waals surface area contributed by atoms with Crippen molar-refractivity contribution in [2.24, 2.45) is 5.92 Å². The fourth-order valence-corrected chi connectivity index (χ4v) is 3.74. The predicted octanol–water partition coefficient (Wildman–Crippen LogP) is 0.752. The zero-order chi connectivity index (χ0) is 16.0. The van der Waals surface area contributed by atoms with Gasteiger partial charge in [0, 0.05) is 12.3 Å². The summed E-state index contributed by atoms with van der Waals surface area (Å²) in [6, 6.07) is -2.12. The van der Waals surface area contributed by atoms with Crippen LogP contribution in [0.3, 0.4) is 0 Å². The molecule has 7 nitrogen and oxygen atoms in total. The molecule has 21 heavy (non-hydrogen) atoms. The summed E-state index contributed by atoms with van der Waals surface area (Å²) in [5, 5.41) is 14.2. The van der Waals surface area contributed by atoms with Crippen LogP contribution < -0.4 is 10.6 Å². The van der Waals surface area contributed by atoms with Crippen LogP contribution in [0.4, 0.5) is 4.79 Å². The first-order chi connectivity index (χ1) is 9.69. The number of carbonyl (C=O) groups excluding carboxylic acids is 1. The van der Waals surface area contributed by atoms with E-state index < -0.39 is 33.9 Å². The van der Waals surface area contributed by atoms with Gasteiger partial charge in [-0.1, -0.05) is 19.3 Å². The molecule has 0 aromatic carbocycles. The van der Waals surface area contributed by atoms with Gasteiger partial charge in [0.15, 0.2) is 0 Å². The monoisotopic (exact) mass is 320 g/mol. The number of urea groups is 1. The van der Waals surface area contributed by atoms with E-state index in [9.17, 15) is 23.1 Å². The van der Waals surface area contributed by atoms with Crippen molar-refractivity contribution < 1.29 is 23.1 Å². The van der Waals surface area contributed by atoms with Gasteiger partial charge >= 0.3 is 12.0 Å². The Kier molecular flexibility index (Phi) is 6.44. The van der Waals surface area contributed by atoms with Crippen LogP contribution in [0, 0.1) is 5.92 Å². The molecule has 0 saturated heterocycles. The third-order valence-corrected chi connectivity index (χ3v) is 4.71. The third kappa shape index (κ3) is 6.79. The molecule has 0 aromatic heterocycles. The molecule has 0 heterocycles. The first-order valence-corrected chi connectivity index (χ1v) is 9.22. The van der Waals surface area contributed by atoms with E-state index in [0.29, 0.717) is 0 Å². The molecule has 122 valence electrons. The first kappa shape index (κ1) is 17.7. The Morgan fingerprint density at radius 2 is 1.76 bits per heavy atom. The lowest BCUT2D eigenvalue weighted by Gasteiger charge is -2.28. The lowest BCUT2D eigenvalue weighted by molar-refractivity contribution is -0.141. The number of hydrogen-bond acceptors (Lipinski definition) is 4. The minimum Gasteiger partial charge on any atom is -0.480 e. The van der Waals surface area contributed by atoms with E-state index in [0.717, 1.165) is 38.4 Å². The first-order valence-electron chi connectivity index (χ1n) is 7.16. The van der Waals surface area contributed by atoms with E-state index in [1.165, 1.54) is 0 Å².